The maximum Gasteiger partial charge on any atom is 0.494 e. The molecule has 3 aliphatic rings. The first kappa shape index (κ1) is 27.2. The molecule has 5 rings (SSSR count). The van der Waals surface area contributed by atoms with Crippen molar-refractivity contribution >= 4 is 36.5 Å². The Bertz CT molecular complexity index is 1130. The zero-order valence-electron chi connectivity index (χ0n) is 23.7. The standard InChI is InChI=1S/C30H38B2FNO4/c1-27(2)28(3,4)36-31(35-27)21-9-15-24(16-10-21)34(26-19-13-23(33)14-20-26)25-17-11-22(12-18-25)32-37-29(5,6)30(7,8)38-32/h9-19,26H,20H2,1-8H3. The van der Waals surface area contributed by atoms with Gasteiger partial charge in [-0.3, -0.25) is 0 Å². The fourth-order valence-corrected chi connectivity index (χ4v) is 4.85. The quantitative estimate of drug-likeness (QED) is 0.483. The lowest BCUT2D eigenvalue weighted by atomic mass is 9.79. The molecule has 1 aliphatic carbocycles. The van der Waals surface area contributed by atoms with Crippen molar-refractivity contribution in [3.8, 4) is 0 Å². The van der Waals surface area contributed by atoms with E-state index in [4.69, 9.17) is 18.6 Å². The van der Waals surface area contributed by atoms with Crippen molar-refractivity contribution in [3.05, 3.63) is 72.6 Å². The summed E-state index contributed by atoms with van der Waals surface area (Å²) in [4.78, 5) is 2.22. The lowest BCUT2D eigenvalue weighted by Gasteiger charge is -2.33. The molecule has 0 amide bonds. The minimum atomic E-state index is -0.423. The maximum absolute atomic E-state index is 13.8. The number of benzene rings is 2. The predicted octanol–water partition coefficient (Wildman–Crippen LogP) is 5.61. The lowest BCUT2D eigenvalue weighted by molar-refractivity contribution is 0.00578. The van der Waals surface area contributed by atoms with Gasteiger partial charge in [0.15, 0.2) is 0 Å². The van der Waals surface area contributed by atoms with Crippen LogP contribution in [0.25, 0.3) is 0 Å². The van der Waals surface area contributed by atoms with Crippen LogP contribution in [0.3, 0.4) is 0 Å². The molecule has 2 saturated heterocycles. The number of hydrogen-bond acceptors (Lipinski definition) is 5. The average molecular weight is 517 g/mol. The van der Waals surface area contributed by atoms with Crippen molar-refractivity contribution in [2.24, 2.45) is 0 Å². The molecule has 8 heteroatoms. The molecule has 2 heterocycles. The second-order valence-corrected chi connectivity index (χ2v) is 12.5. The fourth-order valence-electron chi connectivity index (χ4n) is 4.85. The summed E-state index contributed by atoms with van der Waals surface area (Å²) in [6.45, 7) is 16.4. The second-order valence-electron chi connectivity index (χ2n) is 12.5. The Balaban J connectivity index is 1.42. The van der Waals surface area contributed by atoms with E-state index in [1.54, 1.807) is 12.2 Å². The van der Waals surface area contributed by atoms with Crippen molar-refractivity contribution in [2.75, 3.05) is 4.90 Å². The molecule has 2 aliphatic heterocycles. The predicted molar refractivity (Wildman–Crippen MR) is 153 cm³/mol. The number of anilines is 2. The van der Waals surface area contributed by atoms with E-state index in [1.807, 2.05) is 30.3 Å². The van der Waals surface area contributed by atoms with Crippen LogP contribution in [0.5, 0.6) is 0 Å². The van der Waals surface area contributed by atoms with E-state index >= 15 is 0 Å². The van der Waals surface area contributed by atoms with Gasteiger partial charge in [0.1, 0.15) is 5.83 Å². The average Bonchev–Trinajstić information content (AvgIpc) is 3.21. The molecule has 2 fully saturated rings. The van der Waals surface area contributed by atoms with E-state index < -0.39 is 36.6 Å². The molecule has 38 heavy (non-hydrogen) atoms. The van der Waals surface area contributed by atoms with Crippen LogP contribution >= 0.6 is 0 Å². The zero-order chi connectivity index (χ0) is 27.5. The zero-order valence-corrected chi connectivity index (χ0v) is 23.7. The van der Waals surface area contributed by atoms with Gasteiger partial charge in [0.2, 0.25) is 0 Å². The first-order valence-corrected chi connectivity index (χ1v) is 13.4. The van der Waals surface area contributed by atoms with Crippen LogP contribution in [-0.2, 0) is 18.6 Å². The first-order chi connectivity index (χ1) is 17.7. The molecule has 5 nitrogen and oxygen atoms in total. The molecular weight excluding hydrogens is 479 g/mol. The Hall–Kier alpha value is -2.38. The van der Waals surface area contributed by atoms with E-state index in [9.17, 15) is 4.39 Å². The minimum Gasteiger partial charge on any atom is -0.399 e. The molecule has 0 spiro atoms. The summed E-state index contributed by atoms with van der Waals surface area (Å²) in [6.07, 6.45) is 5.66. The molecule has 1 atom stereocenters. The highest BCUT2D eigenvalue weighted by atomic mass is 19.1. The van der Waals surface area contributed by atoms with Crippen molar-refractivity contribution in [1.82, 2.24) is 0 Å². The summed E-state index contributed by atoms with van der Waals surface area (Å²) >= 11 is 0. The lowest BCUT2D eigenvalue weighted by Crippen LogP contribution is -2.41. The third-order valence-electron chi connectivity index (χ3n) is 8.76. The van der Waals surface area contributed by atoms with Crippen molar-refractivity contribution in [3.63, 3.8) is 0 Å². The van der Waals surface area contributed by atoms with Crippen LogP contribution in [0.15, 0.2) is 72.6 Å². The number of rotatable bonds is 5. The van der Waals surface area contributed by atoms with Crippen molar-refractivity contribution in [2.45, 2.75) is 90.3 Å². The Kier molecular flexibility index (Phi) is 6.71. The molecule has 2 aromatic carbocycles. The third-order valence-corrected chi connectivity index (χ3v) is 8.76. The summed E-state index contributed by atoms with van der Waals surface area (Å²) in [5.74, 6) is -0.201. The molecule has 0 radical (unpaired) electrons. The summed E-state index contributed by atoms with van der Waals surface area (Å²) in [5, 5.41) is 0. The van der Waals surface area contributed by atoms with E-state index in [0.717, 1.165) is 22.3 Å². The number of nitrogens with zero attached hydrogens (tertiary/aromatic N) is 1. The summed E-state index contributed by atoms with van der Waals surface area (Å²) in [6, 6.07) is 16.5. The molecular formula is C30H38B2FNO4. The maximum atomic E-state index is 13.8. The molecule has 2 aromatic rings. The van der Waals surface area contributed by atoms with Crippen molar-refractivity contribution < 1.29 is 23.0 Å². The molecule has 0 bridgehead atoms. The van der Waals surface area contributed by atoms with Crippen LogP contribution in [0, 0.1) is 0 Å². The van der Waals surface area contributed by atoms with Gasteiger partial charge in [0, 0.05) is 11.4 Å². The van der Waals surface area contributed by atoms with Crippen molar-refractivity contribution in [1.29, 1.82) is 0 Å². The monoisotopic (exact) mass is 517 g/mol. The highest BCUT2D eigenvalue weighted by Crippen LogP contribution is 2.38. The van der Waals surface area contributed by atoms with Crippen LogP contribution < -0.4 is 15.8 Å². The molecule has 0 saturated carbocycles. The largest absolute Gasteiger partial charge is 0.494 e. The summed E-state index contributed by atoms with van der Waals surface area (Å²) < 4.78 is 38.8. The highest BCUT2D eigenvalue weighted by molar-refractivity contribution is 6.62. The summed E-state index contributed by atoms with van der Waals surface area (Å²) in [5.41, 5.74) is 2.34. The smallest absolute Gasteiger partial charge is 0.399 e. The fraction of sp³-hybridized carbons (Fsp3) is 0.467. The van der Waals surface area contributed by atoms with Gasteiger partial charge in [-0.1, -0.05) is 30.3 Å². The van der Waals surface area contributed by atoms with E-state index in [0.29, 0.717) is 6.42 Å². The van der Waals surface area contributed by atoms with Crippen LogP contribution in [0.2, 0.25) is 0 Å². The Morgan fingerprint density at radius 2 is 1.03 bits per heavy atom. The van der Waals surface area contributed by atoms with Gasteiger partial charge >= 0.3 is 14.2 Å². The van der Waals surface area contributed by atoms with Crippen LogP contribution in [0.4, 0.5) is 15.8 Å². The number of hydrogen-bond donors (Lipinski definition) is 0. The Morgan fingerprint density at radius 1 is 0.658 bits per heavy atom. The molecule has 0 aromatic heterocycles. The number of halogens is 1. The Morgan fingerprint density at radius 3 is 1.34 bits per heavy atom. The Labute approximate surface area is 227 Å². The normalized spacial score (nSPS) is 25.0. The van der Waals surface area contributed by atoms with Gasteiger partial charge in [0.05, 0.1) is 28.4 Å². The SMILES string of the molecule is CC1(C)OB(c2ccc(N(c3ccc(B4OC(C)(C)C(C)(C)O4)cc3)C3C=CC(F)=CC3)cc2)OC1(C)C. The van der Waals surface area contributed by atoms with E-state index in [1.165, 1.54) is 0 Å². The van der Waals surface area contributed by atoms with E-state index in [-0.39, 0.29) is 11.9 Å². The van der Waals surface area contributed by atoms with Crippen LogP contribution in [0.1, 0.15) is 61.8 Å². The molecule has 200 valence electrons. The van der Waals surface area contributed by atoms with Gasteiger partial charge in [0.25, 0.3) is 0 Å². The van der Waals surface area contributed by atoms with Gasteiger partial charge < -0.3 is 23.5 Å². The van der Waals surface area contributed by atoms with Gasteiger partial charge in [-0.15, -0.1) is 0 Å². The van der Waals surface area contributed by atoms with Gasteiger partial charge in [-0.2, -0.15) is 0 Å². The van der Waals surface area contributed by atoms with Gasteiger partial charge in [-0.05, 0) is 109 Å². The van der Waals surface area contributed by atoms with Crippen LogP contribution in [-0.4, -0.2) is 42.7 Å². The first-order valence-electron chi connectivity index (χ1n) is 13.4. The second kappa shape index (κ2) is 9.37. The summed E-state index contributed by atoms with van der Waals surface area (Å²) in [7, 11) is -0.846. The third kappa shape index (κ3) is 4.88. The minimum absolute atomic E-state index is 0.0279. The topological polar surface area (TPSA) is 40.2 Å². The molecule has 1 unspecified atom stereocenters. The van der Waals surface area contributed by atoms with E-state index in [2.05, 4.69) is 84.6 Å². The highest BCUT2D eigenvalue weighted by Gasteiger charge is 2.52. The number of allylic oxidation sites excluding steroid dienone is 2. The van der Waals surface area contributed by atoms with Gasteiger partial charge in [-0.25, -0.2) is 4.39 Å². The molecule has 0 N–H and O–H groups in total.